The topological polar surface area (TPSA) is 69.6 Å². The first-order chi connectivity index (χ1) is 7.63. The zero-order chi connectivity index (χ0) is 12.0. The molecule has 0 saturated carbocycles. The molecule has 3 N–H and O–H groups in total. The average molecular weight is 241 g/mol. The summed E-state index contributed by atoms with van der Waals surface area (Å²) in [4.78, 5) is 12.3. The normalized spacial score (nSPS) is 12.9. The highest BCUT2D eigenvalue weighted by molar-refractivity contribution is 7.11. The van der Waals surface area contributed by atoms with Gasteiger partial charge in [-0.1, -0.05) is 0 Å². The minimum absolute atomic E-state index is 0.0586. The van der Waals surface area contributed by atoms with Gasteiger partial charge < -0.3 is 15.5 Å². The number of aliphatic hydroxyl groups excluding tert-OH is 2. The summed E-state index contributed by atoms with van der Waals surface area (Å²) >= 11 is 1.56. The van der Waals surface area contributed by atoms with Crippen LogP contribution in [0.3, 0.4) is 0 Å². The van der Waals surface area contributed by atoms with Crippen molar-refractivity contribution in [1.29, 1.82) is 0 Å². The number of aliphatic hydroxyl groups is 2. The van der Waals surface area contributed by atoms with Crippen LogP contribution in [0.2, 0.25) is 0 Å². The first-order valence-electron chi connectivity index (χ1n) is 4.92. The van der Waals surface area contributed by atoms with Crippen LogP contribution in [0, 0.1) is 6.92 Å². The molecule has 0 aliphatic heterocycles. The lowest BCUT2D eigenvalue weighted by Gasteiger charge is -2.06. The predicted molar refractivity (Wildman–Crippen MR) is 64.2 cm³/mol. The van der Waals surface area contributed by atoms with Gasteiger partial charge in [0.2, 0.25) is 5.91 Å². The molecule has 0 aliphatic carbocycles. The van der Waals surface area contributed by atoms with Crippen LogP contribution in [-0.2, 0) is 4.79 Å². The first kappa shape index (κ1) is 12.9. The number of amides is 1. The molecule has 5 heteroatoms. The summed E-state index contributed by atoms with van der Waals surface area (Å²) in [6.07, 6.45) is 2.25. The van der Waals surface area contributed by atoms with Gasteiger partial charge in [-0.05, 0) is 30.0 Å². The van der Waals surface area contributed by atoms with Gasteiger partial charge >= 0.3 is 0 Å². The Kier molecular flexibility index (Phi) is 5.18. The third kappa shape index (κ3) is 4.14. The Labute approximate surface area is 98.2 Å². The number of nitrogens with one attached hydrogen (secondary N) is 1. The molecule has 0 bridgehead atoms. The second-order valence-corrected chi connectivity index (χ2v) is 4.33. The molecular formula is C11H15NO3S. The lowest BCUT2D eigenvalue weighted by atomic mass is 10.3. The van der Waals surface area contributed by atoms with Gasteiger partial charge in [0.15, 0.2) is 0 Å². The van der Waals surface area contributed by atoms with Crippen molar-refractivity contribution in [2.45, 2.75) is 13.0 Å². The van der Waals surface area contributed by atoms with E-state index in [4.69, 9.17) is 10.2 Å². The minimum Gasteiger partial charge on any atom is -0.394 e. The van der Waals surface area contributed by atoms with Gasteiger partial charge in [0.1, 0.15) is 0 Å². The highest BCUT2D eigenvalue weighted by Gasteiger charge is 2.03. The zero-order valence-corrected chi connectivity index (χ0v) is 9.83. The van der Waals surface area contributed by atoms with E-state index in [1.807, 2.05) is 18.4 Å². The fourth-order valence-corrected chi connectivity index (χ4v) is 1.87. The molecule has 0 saturated heterocycles. The van der Waals surface area contributed by atoms with Crippen molar-refractivity contribution in [3.05, 3.63) is 28.0 Å². The van der Waals surface area contributed by atoms with E-state index in [-0.39, 0.29) is 19.1 Å². The lowest BCUT2D eigenvalue weighted by molar-refractivity contribution is -0.117. The van der Waals surface area contributed by atoms with Crippen molar-refractivity contribution < 1.29 is 15.0 Å². The molecular weight excluding hydrogens is 226 g/mol. The Morgan fingerprint density at radius 2 is 2.44 bits per heavy atom. The molecule has 1 heterocycles. The zero-order valence-electron chi connectivity index (χ0n) is 9.01. The van der Waals surface area contributed by atoms with Crippen LogP contribution in [0.25, 0.3) is 6.08 Å². The van der Waals surface area contributed by atoms with Crippen LogP contribution in [0.4, 0.5) is 0 Å². The maximum Gasteiger partial charge on any atom is 0.244 e. The SMILES string of the molecule is Cc1ccsc1C=CC(=O)NCC(O)CO. The number of thiophene rings is 1. The summed E-state index contributed by atoms with van der Waals surface area (Å²) in [5.41, 5.74) is 1.13. The highest BCUT2D eigenvalue weighted by atomic mass is 32.1. The van der Waals surface area contributed by atoms with Crippen molar-refractivity contribution in [1.82, 2.24) is 5.32 Å². The van der Waals surface area contributed by atoms with E-state index in [2.05, 4.69) is 5.32 Å². The highest BCUT2D eigenvalue weighted by Crippen LogP contribution is 2.16. The number of carbonyl (C=O) groups excluding carboxylic acids is 1. The van der Waals surface area contributed by atoms with E-state index in [1.165, 1.54) is 6.08 Å². The Bertz CT molecular complexity index is 373. The minimum atomic E-state index is -0.902. The Morgan fingerprint density at radius 1 is 1.69 bits per heavy atom. The van der Waals surface area contributed by atoms with Crippen molar-refractivity contribution in [2.75, 3.05) is 13.2 Å². The predicted octanol–water partition coefficient (Wildman–Crippen LogP) is 0.539. The molecule has 1 rings (SSSR count). The van der Waals surface area contributed by atoms with E-state index in [9.17, 15) is 4.79 Å². The molecule has 1 unspecified atom stereocenters. The van der Waals surface area contributed by atoms with E-state index < -0.39 is 6.10 Å². The number of carbonyl (C=O) groups is 1. The summed E-state index contributed by atoms with van der Waals surface area (Å²) in [5, 5.41) is 22.0. The van der Waals surface area contributed by atoms with E-state index in [0.717, 1.165) is 10.4 Å². The Balaban J connectivity index is 2.40. The maximum absolute atomic E-state index is 11.3. The Morgan fingerprint density at radius 3 is 3.00 bits per heavy atom. The van der Waals surface area contributed by atoms with E-state index in [0.29, 0.717) is 0 Å². The van der Waals surface area contributed by atoms with Gasteiger partial charge in [-0.25, -0.2) is 0 Å². The fraction of sp³-hybridized carbons (Fsp3) is 0.364. The molecule has 1 aromatic heterocycles. The quantitative estimate of drug-likeness (QED) is 0.659. The summed E-state index contributed by atoms with van der Waals surface area (Å²) in [5.74, 6) is -0.277. The molecule has 1 aromatic rings. The fourth-order valence-electron chi connectivity index (χ4n) is 1.05. The van der Waals surface area contributed by atoms with Gasteiger partial charge in [-0.2, -0.15) is 0 Å². The molecule has 0 fully saturated rings. The lowest BCUT2D eigenvalue weighted by Crippen LogP contribution is -2.32. The number of rotatable bonds is 5. The molecule has 0 radical (unpaired) electrons. The summed E-state index contributed by atoms with van der Waals surface area (Å²) in [6.45, 7) is 1.68. The molecule has 0 spiro atoms. The third-order valence-corrected chi connectivity index (χ3v) is 2.99. The van der Waals surface area contributed by atoms with Gasteiger partial charge in [0.05, 0.1) is 12.7 Å². The van der Waals surface area contributed by atoms with Gasteiger partial charge in [0, 0.05) is 17.5 Å². The molecule has 1 amide bonds. The maximum atomic E-state index is 11.3. The first-order valence-corrected chi connectivity index (χ1v) is 5.80. The summed E-state index contributed by atoms with van der Waals surface area (Å²) in [7, 11) is 0. The molecule has 88 valence electrons. The number of aryl methyl sites for hydroxylation is 1. The number of hydrogen-bond acceptors (Lipinski definition) is 4. The second kappa shape index (κ2) is 6.42. The van der Waals surface area contributed by atoms with Crippen molar-refractivity contribution >= 4 is 23.3 Å². The van der Waals surface area contributed by atoms with Crippen LogP contribution < -0.4 is 5.32 Å². The van der Waals surface area contributed by atoms with Crippen molar-refractivity contribution in [3.63, 3.8) is 0 Å². The van der Waals surface area contributed by atoms with Crippen LogP contribution >= 0.6 is 11.3 Å². The van der Waals surface area contributed by atoms with Crippen molar-refractivity contribution in [3.8, 4) is 0 Å². The summed E-state index contributed by atoms with van der Waals surface area (Å²) in [6, 6.07) is 1.98. The van der Waals surface area contributed by atoms with E-state index in [1.54, 1.807) is 17.4 Å². The standard InChI is InChI=1S/C11H15NO3S/c1-8-4-5-16-10(8)2-3-11(15)12-6-9(14)7-13/h2-5,9,13-14H,6-7H2,1H3,(H,12,15). The van der Waals surface area contributed by atoms with Crippen LogP contribution in [0.15, 0.2) is 17.5 Å². The molecule has 1 atom stereocenters. The van der Waals surface area contributed by atoms with Crippen molar-refractivity contribution in [2.24, 2.45) is 0 Å². The summed E-state index contributed by atoms with van der Waals surface area (Å²) < 4.78 is 0. The largest absolute Gasteiger partial charge is 0.394 e. The third-order valence-electron chi connectivity index (χ3n) is 2.01. The number of hydrogen-bond donors (Lipinski definition) is 3. The molecule has 16 heavy (non-hydrogen) atoms. The van der Waals surface area contributed by atoms with Gasteiger partial charge in [0.25, 0.3) is 0 Å². The van der Waals surface area contributed by atoms with Crippen LogP contribution in [0.5, 0.6) is 0 Å². The van der Waals surface area contributed by atoms with Crippen LogP contribution in [-0.4, -0.2) is 35.4 Å². The van der Waals surface area contributed by atoms with Crippen LogP contribution in [0.1, 0.15) is 10.4 Å². The van der Waals surface area contributed by atoms with Gasteiger partial charge in [-0.15, -0.1) is 11.3 Å². The van der Waals surface area contributed by atoms with E-state index >= 15 is 0 Å². The second-order valence-electron chi connectivity index (χ2n) is 3.38. The molecule has 0 aromatic carbocycles. The molecule has 0 aliphatic rings. The average Bonchev–Trinajstić information content (AvgIpc) is 2.69. The monoisotopic (exact) mass is 241 g/mol. The smallest absolute Gasteiger partial charge is 0.244 e. The van der Waals surface area contributed by atoms with Gasteiger partial charge in [-0.3, -0.25) is 4.79 Å². The molecule has 4 nitrogen and oxygen atoms in total. The Hall–Kier alpha value is -1.17.